The van der Waals surface area contributed by atoms with Crippen molar-refractivity contribution >= 4 is 0 Å². The first kappa shape index (κ1) is 10.6. The van der Waals surface area contributed by atoms with Crippen molar-refractivity contribution in [2.75, 3.05) is 0 Å². The van der Waals surface area contributed by atoms with E-state index in [1.54, 1.807) is 0 Å². The predicted octanol–water partition coefficient (Wildman–Crippen LogP) is 2.67. The van der Waals surface area contributed by atoms with Gasteiger partial charge in [-0.1, -0.05) is 12.5 Å². The van der Waals surface area contributed by atoms with Crippen LogP contribution in [0.4, 0.5) is 0 Å². The van der Waals surface area contributed by atoms with Crippen molar-refractivity contribution in [2.45, 2.75) is 45.7 Å². The van der Waals surface area contributed by atoms with Crippen molar-refractivity contribution in [2.24, 2.45) is 5.92 Å². The third kappa shape index (κ3) is 2.78. The van der Waals surface area contributed by atoms with Crippen LogP contribution in [0.1, 0.15) is 37.3 Å². The molecule has 0 radical (unpaired) electrons. The van der Waals surface area contributed by atoms with Gasteiger partial charge in [-0.05, 0) is 43.7 Å². The van der Waals surface area contributed by atoms with Gasteiger partial charge in [-0.25, -0.2) is 0 Å². The van der Waals surface area contributed by atoms with E-state index in [0.717, 1.165) is 12.5 Å². The summed E-state index contributed by atoms with van der Waals surface area (Å²) in [6.07, 6.45) is 8.08. The second kappa shape index (κ2) is 4.75. The molecule has 0 amide bonds. The van der Waals surface area contributed by atoms with Gasteiger partial charge < -0.3 is 5.32 Å². The van der Waals surface area contributed by atoms with E-state index >= 15 is 0 Å². The zero-order chi connectivity index (χ0) is 10.7. The Bertz CT molecular complexity index is 318. The largest absolute Gasteiger partial charge is 0.310 e. The molecule has 2 nitrogen and oxygen atoms in total. The van der Waals surface area contributed by atoms with Crippen molar-refractivity contribution in [1.82, 2.24) is 10.3 Å². The van der Waals surface area contributed by atoms with Crippen LogP contribution in [0.3, 0.4) is 0 Å². The lowest BCUT2D eigenvalue weighted by Gasteiger charge is -2.32. The Kier molecular flexibility index (Phi) is 3.37. The molecule has 2 heteroatoms. The number of pyridine rings is 1. The smallest absolute Gasteiger partial charge is 0.0313 e. The Hall–Kier alpha value is -0.890. The summed E-state index contributed by atoms with van der Waals surface area (Å²) in [4.78, 5) is 4.20. The number of rotatable bonds is 4. The standard InChI is InChI=1S/C13H20N2/c1-10-6-12(8-14-7-10)9-15-11(2)13-4-3-5-13/h6-8,11,13,15H,3-5,9H2,1-2H3. The van der Waals surface area contributed by atoms with Crippen LogP contribution < -0.4 is 5.32 Å². The Labute approximate surface area is 92.1 Å². The minimum absolute atomic E-state index is 0.652. The molecule has 82 valence electrons. The van der Waals surface area contributed by atoms with E-state index < -0.39 is 0 Å². The maximum Gasteiger partial charge on any atom is 0.0313 e. The zero-order valence-electron chi connectivity index (χ0n) is 9.66. The number of nitrogens with zero attached hydrogens (tertiary/aromatic N) is 1. The average Bonchev–Trinajstić information content (AvgIpc) is 2.12. The van der Waals surface area contributed by atoms with Crippen LogP contribution in [0.25, 0.3) is 0 Å². The summed E-state index contributed by atoms with van der Waals surface area (Å²) in [5, 5.41) is 3.59. The molecule has 1 aromatic heterocycles. The van der Waals surface area contributed by atoms with Crippen LogP contribution >= 0.6 is 0 Å². The quantitative estimate of drug-likeness (QED) is 0.815. The van der Waals surface area contributed by atoms with Crippen LogP contribution in [0.2, 0.25) is 0 Å². The normalized spacial score (nSPS) is 18.5. The monoisotopic (exact) mass is 204 g/mol. The fourth-order valence-corrected chi connectivity index (χ4v) is 2.10. The minimum Gasteiger partial charge on any atom is -0.310 e. The first-order valence-corrected chi connectivity index (χ1v) is 5.89. The maximum absolute atomic E-state index is 4.20. The summed E-state index contributed by atoms with van der Waals surface area (Å²) in [6, 6.07) is 2.85. The minimum atomic E-state index is 0.652. The van der Waals surface area contributed by atoms with Gasteiger partial charge in [0.25, 0.3) is 0 Å². The van der Waals surface area contributed by atoms with Crippen molar-refractivity contribution in [3.8, 4) is 0 Å². The molecule has 1 atom stereocenters. The molecule has 0 spiro atoms. The van der Waals surface area contributed by atoms with E-state index in [0.29, 0.717) is 6.04 Å². The third-order valence-electron chi connectivity index (χ3n) is 3.42. The molecule has 1 saturated carbocycles. The molecule has 1 aromatic rings. The van der Waals surface area contributed by atoms with Gasteiger partial charge in [0.2, 0.25) is 0 Å². The second-order valence-corrected chi connectivity index (χ2v) is 4.73. The van der Waals surface area contributed by atoms with Crippen LogP contribution in [0.15, 0.2) is 18.5 Å². The highest BCUT2D eigenvalue weighted by molar-refractivity contribution is 5.16. The summed E-state index contributed by atoms with van der Waals surface area (Å²) in [5.74, 6) is 0.905. The fraction of sp³-hybridized carbons (Fsp3) is 0.615. The topological polar surface area (TPSA) is 24.9 Å². The van der Waals surface area contributed by atoms with Crippen molar-refractivity contribution < 1.29 is 0 Å². The summed E-state index contributed by atoms with van der Waals surface area (Å²) in [5.41, 5.74) is 2.53. The molecule has 1 aliphatic carbocycles. The van der Waals surface area contributed by atoms with Gasteiger partial charge in [0.1, 0.15) is 0 Å². The molecule has 1 unspecified atom stereocenters. The molecule has 0 aromatic carbocycles. The molecule has 1 N–H and O–H groups in total. The summed E-state index contributed by atoms with van der Waals surface area (Å²) in [6.45, 7) is 5.34. The molecule has 1 heterocycles. The molecule has 0 saturated heterocycles. The van der Waals surface area contributed by atoms with Crippen LogP contribution in [-0.4, -0.2) is 11.0 Å². The van der Waals surface area contributed by atoms with E-state index in [2.05, 4.69) is 30.2 Å². The predicted molar refractivity (Wildman–Crippen MR) is 62.6 cm³/mol. The highest BCUT2D eigenvalue weighted by Crippen LogP contribution is 2.29. The molecule has 1 fully saturated rings. The fourth-order valence-electron chi connectivity index (χ4n) is 2.10. The molecule has 0 aliphatic heterocycles. The molecule has 2 rings (SSSR count). The number of aromatic nitrogens is 1. The van der Waals surface area contributed by atoms with E-state index in [-0.39, 0.29) is 0 Å². The number of nitrogens with one attached hydrogen (secondary N) is 1. The van der Waals surface area contributed by atoms with Crippen molar-refractivity contribution in [3.63, 3.8) is 0 Å². The van der Waals surface area contributed by atoms with E-state index in [1.807, 2.05) is 12.4 Å². The maximum atomic E-state index is 4.20. The van der Waals surface area contributed by atoms with Crippen LogP contribution in [0.5, 0.6) is 0 Å². The Balaban J connectivity index is 1.81. The summed E-state index contributed by atoms with van der Waals surface area (Å²) in [7, 11) is 0. The average molecular weight is 204 g/mol. The van der Waals surface area contributed by atoms with Gasteiger partial charge in [-0.15, -0.1) is 0 Å². The van der Waals surface area contributed by atoms with Gasteiger partial charge in [0.15, 0.2) is 0 Å². The Morgan fingerprint density at radius 3 is 2.87 bits per heavy atom. The molecule has 0 bridgehead atoms. The van der Waals surface area contributed by atoms with Crippen molar-refractivity contribution in [1.29, 1.82) is 0 Å². The number of aryl methyl sites for hydroxylation is 1. The van der Waals surface area contributed by atoms with Gasteiger partial charge in [-0.2, -0.15) is 0 Å². The molecule has 1 aliphatic rings. The van der Waals surface area contributed by atoms with E-state index in [9.17, 15) is 0 Å². The van der Waals surface area contributed by atoms with Crippen LogP contribution in [0, 0.1) is 12.8 Å². The SMILES string of the molecule is Cc1cncc(CNC(C)C2CCC2)c1. The van der Waals surface area contributed by atoms with Crippen molar-refractivity contribution in [3.05, 3.63) is 29.6 Å². The highest BCUT2D eigenvalue weighted by atomic mass is 14.9. The van der Waals surface area contributed by atoms with Gasteiger partial charge in [0.05, 0.1) is 0 Å². The van der Waals surface area contributed by atoms with E-state index in [4.69, 9.17) is 0 Å². The number of hydrogen-bond acceptors (Lipinski definition) is 2. The summed E-state index contributed by atoms with van der Waals surface area (Å²) >= 11 is 0. The summed E-state index contributed by atoms with van der Waals surface area (Å²) < 4.78 is 0. The first-order chi connectivity index (χ1) is 7.25. The van der Waals surface area contributed by atoms with Gasteiger partial charge >= 0.3 is 0 Å². The molecular weight excluding hydrogens is 184 g/mol. The Morgan fingerprint density at radius 1 is 1.47 bits per heavy atom. The Morgan fingerprint density at radius 2 is 2.27 bits per heavy atom. The highest BCUT2D eigenvalue weighted by Gasteiger charge is 2.23. The lowest BCUT2D eigenvalue weighted by atomic mass is 9.80. The van der Waals surface area contributed by atoms with E-state index in [1.165, 1.54) is 30.4 Å². The first-order valence-electron chi connectivity index (χ1n) is 5.89. The second-order valence-electron chi connectivity index (χ2n) is 4.73. The molecule has 15 heavy (non-hydrogen) atoms. The van der Waals surface area contributed by atoms with Gasteiger partial charge in [0, 0.05) is 25.0 Å². The molecular formula is C13H20N2. The lowest BCUT2D eigenvalue weighted by Crippen LogP contribution is -2.36. The number of hydrogen-bond donors (Lipinski definition) is 1. The van der Waals surface area contributed by atoms with Crippen LogP contribution in [-0.2, 0) is 6.54 Å². The third-order valence-corrected chi connectivity index (χ3v) is 3.42. The zero-order valence-corrected chi connectivity index (χ0v) is 9.66. The van der Waals surface area contributed by atoms with Gasteiger partial charge in [-0.3, -0.25) is 4.98 Å². The lowest BCUT2D eigenvalue weighted by molar-refractivity contribution is 0.240.